The highest BCUT2D eigenvalue weighted by Gasteiger charge is 2.51. The second kappa shape index (κ2) is 6.99. The highest BCUT2D eigenvalue weighted by molar-refractivity contribution is 9.10. The normalized spacial score (nSPS) is 31.7. The standard InChI is InChI=1S/C21H27BrN2O2/c1-13-4-17(22)2-3-18(13)24-20(26)12-23-19(25)11-21-8-14-5-15(9-21)7-16(6-14)10-21/h2-4,14-16H,5-12H2,1H3,(H,23,25)(H,24,26). The first-order valence-corrected chi connectivity index (χ1v) is 10.5. The van der Waals surface area contributed by atoms with Gasteiger partial charge in [-0.1, -0.05) is 15.9 Å². The van der Waals surface area contributed by atoms with Gasteiger partial charge < -0.3 is 10.6 Å². The van der Waals surface area contributed by atoms with Crippen LogP contribution in [0.1, 0.15) is 50.5 Å². The summed E-state index contributed by atoms with van der Waals surface area (Å²) in [5.74, 6) is 2.40. The first-order chi connectivity index (χ1) is 12.4. The number of carbonyl (C=O) groups is 2. The molecule has 4 fully saturated rings. The molecule has 0 saturated heterocycles. The van der Waals surface area contributed by atoms with Gasteiger partial charge in [-0.25, -0.2) is 0 Å². The second-order valence-corrected chi connectivity index (χ2v) is 9.79. The summed E-state index contributed by atoms with van der Waals surface area (Å²) in [6.07, 6.45) is 8.41. The topological polar surface area (TPSA) is 58.2 Å². The number of aryl methyl sites for hydroxylation is 1. The van der Waals surface area contributed by atoms with Gasteiger partial charge in [0.2, 0.25) is 11.8 Å². The third-order valence-corrected chi connectivity index (χ3v) is 7.10. The van der Waals surface area contributed by atoms with Crippen LogP contribution < -0.4 is 10.6 Å². The number of anilines is 1. The van der Waals surface area contributed by atoms with Crippen LogP contribution in [0, 0.1) is 30.1 Å². The lowest BCUT2D eigenvalue weighted by atomic mass is 9.49. The molecule has 0 aliphatic heterocycles. The molecule has 1 aromatic rings. The zero-order valence-corrected chi connectivity index (χ0v) is 16.9. The predicted molar refractivity (Wildman–Crippen MR) is 106 cm³/mol. The smallest absolute Gasteiger partial charge is 0.243 e. The van der Waals surface area contributed by atoms with E-state index in [4.69, 9.17) is 0 Å². The van der Waals surface area contributed by atoms with E-state index in [0.29, 0.717) is 6.42 Å². The Balaban J connectivity index is 1.28. The molecule has 5 heteroatoms. The van der Waals surface area contributed by atoms with E-state index in [1.165, 1.54) is 38.5 Å². The Morgan fingerprint density at radius 3 is 2.27 bits per heavy atom. The molecule has 0 radical (unpaired) electrons. The fourth-order valence-electron chi connectivity index (χ4n) is 6.05. The fraction of sp³-hybridized carbons (Fsp3) is 0.619. The van der Waals surface area contributed by atoms with Gasteiger partial charge in [-0.3, -0.25) is 9.59 Å². The van der Waals surface area contributed by atoms with Crippen molar-refractivity contribution in [3.05, 3.63) is 28.2 Å². The zero-order valence-electron chi connectivity index (χ0n) is 15.3. The number of halogens is 1. The van der Waals surface area contributed by atoms with Crippen molar-refractivity contribution in [1.29, 1.82) is 0 Å². The molecule has 0 unspecified atom stereocenters. The molecule has 2 amide bonds. The van der Waals surface area contributed by atoms with Gasteiger partial charge in [0, 0.05) is 16.6 Å². The van der Waals surface area contributed by atoms with E-state index < -0.39 is 0 Å². The van der Waals surface area contributed by atoms with E-state index in [-0.39, 0.29) is 23.8 Å². The molecule has 4 bridgehead atoms. The Morgan fingerprint density at radius 1 is 1.08 bits per heavy atom. The summed E-state index contributed by atoms with van der Waals surface area (Å²) in [7, 11) is 0. The van der Waals surface area contributed by atoms with Gasteiger partial charge >= 0.3 is 0 Å². The maximum atomic E-state index is 12.5. The molecular weight excluding hydrogens is 392 g/mol. The Bertz CT molecular complexity index is 695. The lowest BCUT2D eigenvalue weighted by Gasteiger charge is -2.56. The van der Waals surface area contributed by atoms with Gasteiger partial charge in [0.05, 0.1) is 6.54 Å². The average molecular weight is 419 g/mol. The van der Waals surface area contributed by atoms with Crippen molar-refractivity contribution >= 4 is 33.4 Å². The maximum Gasteiger partial charge on any atom is 0.243 e. The molecule has 0 atom stereocenters. The van der Waals surface area contributed by atoms with Gasteiger partial charge in [0.15, 0.2) is 0 Å². The molecule has 140 valence electrons. The van der Waals surface area contributed by atoms with E-state index in [2.05, 4.69) is 26.6 Å². The first kappa shape index (κ1) is 18.0. The lowest BCUT2D eigenvalue weighted by molar-refractivity contribution is -0.131. The van der Waals surface area contributed by atoms with E-state index in [9.17, 15) is 9.59 Å². The van der Waals surface area contributed by atoms with Crippen LogP contribution in [0.15, 0.2) is 22.7 Å². The molecule has 4 saturated carbocycles. The van der Waals surface area contributed by atoms with Crippen molar-refractivity contribution in [2.45, 2.75) is 51.9 Å². The number of benzene rings is 1. The number of hydrogen-bond acceptors (Lipinski definition) is 2. The Labute approximate surface area is 163 Å². The van der Waals surface area contributed by atoms with E-state index in [1.54, 1.807) is 0 Å². The molecule has 0 heterocycles. The van der Waals surface area contributed by atoms with Crippen molar-refractivity contribution < 1.29 is 9.59 Å². The number of hydrogen-bond donors (Lipinski definition) is 2. The quantitative estimate of drug-likeness (QED) is 0.743. The number of carbonyl (C=O) groups excluding carboxylic acids is 2. The summed E-state index contributed by atoms with van der Waals surface area (Å²) < 4.78 is 0.983. The molecule has 26 heavy (non-hydrogen) atoms. The third-order valence-electron chi connectivity index (χ3n) is 6.61. The Kier molecular flexibility index (Phi) is 4.84. The predicted octanol–water partition coefficient (Wildman–Crippen LogP) is 4.42. The zero-order chi connectivity index (χ0) is 18.3. The molecule has 4 nitrogen and oxygen atoms in total. The van der Waals surface area contributed by atoms with Crippen molar-refractivity contribution in [1.82, 2.24) is 5.32 Å². The van der Waals surface area contributed by atoms with Gasteiger partial charge in [-0.05, 0) is 92.4 Å². The average Bonchev–Trinajstić information content (AvgIpc) is 2.54. The van der Waals surface area contributed by atoms with Gasteiger partial charge in [0.1, 0.15) is 0 Å². The van der Waals surface area contributed by atoms with Crippen LogP contribution in [0.3, 0.4) is 0 Å². The molecule has 1 aromatic carbocycles. The SMILES string of the molecule is Cc1cc(Br)ccc1NC(=O)CNC(=O)CC12CC3CC(CC(C3)C1)C2. The highest BCUT2D eigenvalue weighted by Crippen LogP contribution is 2.61. The van der Waals surface area contributed by atoms with Crippen LogP contribution in [0.25, 0.3) is 0 Å². The maximum absolute atomic E-state index is 12.5. The second-order valence-electron chi connectivity index (χ2n) is 8.88. The van der Waals surface area contributed by atoms with E-state index in [0.717, 1.165) is 33.5 Å². The summed E-state index contributed by atoms with van der Waals surface area (Å²) in [6.45, 7) is 1.99. The lowest BCUT2D eigenvalue weighted by Crippen LogP contribution is -2.48. The van der Waals surface area contributed by atoms with Gasteiger partial charge in [0.25, 0.3) is 0 Å². The van der Waals surface area contributed by atoms with Crippen LogP contribution in [0.5, 0.6) is 0 Å². The largest absolute Gasteiger partial charge is 0.347 e. The monoisotopic (exact) mass is 418 g/mol. The first-order valence-electron chi connectivity index (χ1n) is 9.73. The Hall–Kier alpha value is -1.36. The highest BCUT2D eigenvalue weighted by atomic mass is 79.9. The van der Waals surface area contributed by atoms with E-state index >= 15 is 0 Å². The summed E-state index contributed by atoms with van der Waals surface area (Å²) in [6, 6.07) is 5.73. The number of rotatable bonds is 5. The number of nitrogens with one attached hydrogen (secondary N) is 2. The van der Waals surface area contributed by atoms with Crippen molar-refractivity contribution in [3.8, 4) is 0 Å². The minimum absolute atomic E-state index is 0.0367. The Morgan fingerprint density at radius 2 is 1.69 bits per heavy atom. The summed E-state index contributed by atoms with van der Waals surface area (Å²) in [4.78, 5) is 24.7. The van der Waals surface area contributed by atoms with Crippen LogP contribution in [0.2, 0.25) is 0 Å². The van der Waals surface area contributed by atoms with Crippen molar-refractivity contribution in [2.75, 3.05) is 11.9 Å². The summed E-state index contributed by atoms with van der Waals surface area (Å²) >= 11 is 3.42. The van der Waals surface area contributed by atoms with Crippen molar-refractivity contribution in [3.63, 3.8) is 0 Å². The minimum atomic E-state index is -0.172. The van der Waals surface area contributed by atoms with Crippen molar-refractivity contribution in [2.24, 2.45) is 23.2 Å². The molecule has 2 N–H and O–H groups in total. The van der Waals surface area contributed by atoms with Crippen LogP contribution >= 0.6 is 15.9 Å². The van der Waals surface area contributed by atoms with Crippen LogP contribution in [-0.2, 0) is 9.59 Å². The molecule has 5 rings (SSSR count). The van der Waals surface area contributed by atoms with Crippen LogP contribution in [0.4, 0.5) is 5.69 Å². The minimum Gasteiger partial charge on any atom is -0.347 e. The third kappa shape index (κ3) is 3.83. The molecule has 4 aliphatic rings. The molecular formula is C21H27BrN2O2. The number of amides is 2. The van der Waals surface area contributed by atoms with E-state index in [1.807, 2.05) is 25.1 Å². The molecule has 0 spiro atoms. The molecule has 0 aromatic heterocycles. The fourth-order valence-corrected chi connectivity index (χ4v) is 6.53. The summed E-state index contributed by atoms with van der Waals surface area (Å²) in [5.41, 5.74) is 2.00. The summed E-state index contributed by atoms with van der Waals surface area (Å²) in [5, 5.41) is 5.73. The molecule has 4 aliphatic carbocycles. The van der Waals surface area contributed by atoms with Gasteiger partial charge in [-0.15, -0.1) is 0 Å². The van der Waals surface area contributed by atoms with Crippen LogP contribution in [-0.4, -0.2) is 18.4 Å². The van der Waals surface area contributed by atoms with Gasteiger partial charge in [-0.2, -0.15) is 0 Å².